The minimum absolute atomic E-state index is 0.897. The Labute approximate surface area is 57.2 Å². The second-order valence-electron chi connectivity index (χ2n) is 1.43. The molecule has 0 saturated heterocycles. The molecule has 0 spiro atoms. The zero-order valence-electron chi connectivity index (χ0n) is 5.01. The van der Waals surface area contributed by atoms with Crippen molar-refractivity contribution in [3.63, 3.8) is 0 Å². The van der Waals surface area contributed by atoms with Crippen LogP contribution in [0, 0.1) is 0 Å². The van der Waals surface area contributed by atoms with Crippen molar-refractivity contribution in [3.05, 3.63) is 0 Å². The van der Waals surface area contributed by atoms with E-state index in [1.54, 1.807) is 0 Å². The normalized spacial score (nSPS) is 14.3. The van der Waals surface area contributed by atoms with Crippen LogP contribution in [0.25, 0.3) is 0 Å². The largest absolute Gasteiger partial charge is 0.419 e. The molecule has 0 radical (unpaired) electrons. The highest BCUT2D eigenvalue weighted by Gasteiger charge is 2.21. The molecule has 0 aliphatic rings. The van der Waals surface area contributed by atoms with E-state index < -0.39 is 21.7 Å². The molecule has 1 atom stereocenters. The summed E-state index contributed by atoms with van der Waals surface area (Å²) in [5.74, 6) is -0.995. The zero-order valence-corrected chi connectivity index (χ0v) is 5.83. The predicted molar refractivity (Wildman–Crippen MR) is 29.3 cm³/mol. The van der Waals surface area contributed by atoms with Crippen molar-refractivity contribution >= 4 is 16.1 Å². The van der Waals surface area contributed by atoms with E-state index >= 15 is 0 Å². The van der Waals surface area contributed by atoms with Crippen LogP contribution in [0.15, 0.2) is 0 Å². The van der Waals surface area contributed by atoms with E-state index in [0.29, 0.717) is 0 Å². The summed E-state index contributed by atoms with van der Waals surface area (Å²) in [4.78, 5) is 9.94. The molecule has 0 fully saturated rings. The third-order valence-electron chi connectivity index (χ3n) is 0.522. The number of aliphatic hydroxyl groups is 1. The molecule has 1 unspecified atom stereocenters. The fourth-order valence-corrected chi connectivity index (χ4v) is 0.460. The van der Waals surface area contributed by atoms with E-state index in [-0.39, 0.29) is 0 Å². The van der Waals surface area contributed by atoms with Crippen LogP contribution in [0.4, 0.5) is 0 Å². The second-order valence-corrected chi connectivity index (χ2v) is 2.86. The quantitative estimate of drug-likeness (QED) is 0.304. The third-order valence-corrected chi connectivity index (χ3v) is 1.13. The number of carbonyl (C=O) groups excluding carboxylic acids is 1. The lowest BCUT2D eigenvalue weighted by atomic mass is 10.8. The van der Waals surface area contributed by atoms with Crippen molar-refractivity contribution in [2.24, 2.45) is 0 Å². The van der Waals surface area contributed by atoms with Gasteiger partial charge in [-0.15, -0.1) is 0 Å². The minimum Gasteiger partial charge on any atom is -0.419 e. The molecule has 0 bridgehead atoms. The average Bonchev–Trinajstić information content (AvgIpc) is 1.60. The topological polar surface area (TPSA) is 101 Å². The number of carbonyl (C=O) groups is 1. The van der Waals surface area contributed by atoms with Gasteiger partial charge in [0.2, 0.25) is 0 Å². The summed E-state index contributed by atoms with van der Waals surface area (Å²) in [6.45, 7) is 0.897. The Morgan fingerprint density at radius 1 is 1.60 bits per heavy atom. The van der Waals surface area contributed by atoms with Crippen LogP contribution in [0.1, 0.15) is 6.92 Å². The smallest absolute Gasteiger partial charge is 0.330 e. The van der Waals surface area contributed by atoms with Crippen LogP contribution in [0.2, 0.25) is 0 Å². The Morgan fingerprint density at radius 2 is 2.00 bits per heavy atom. The van der Waals surface area contributed by atoms with Gasteiger partial charge in [0.1, 0.15) is 0 Å². The molecule has 0 aromatic heterocycles. The number of hydrogen-bond acceptors (Lipinski definition) is 5. The maximum absolute atomic E-state index is 9.94. The molecule has 2 N–H and O–H groups in total. The van der Waals surface area contributed by atoms with Crippen molar-refractivity contribution in [2.45, 2.75) is 12.5 Å². The number of aliphatic hydroxyl groups excluding tert-OH is 1. The lowest BCUT2D eigenvalue weighted by molar-refractivity contribution is -0.154. The van der Waals surface area contributed by atoms with E-state index in [1.165, 1.54) is 0 Å². The highest BCUT2D eigenvalue weighted by molar-refractivity contribution is 7.86. The molecule has 0 aliphatic carbocycles. The molecular weight excluding hydrogens is 164 g/mol. The summed E-state index contributed by atoms with van der Waals surface area (Å²) in [6.07, 6.45) is 0. The maximum atomic E-state index is 9.94. The Kier molecular flexibility index (Phi) is 2.76. The van der Waals surface area contributed by atoms with Gasteiger partial charge in [-0.05, 0) is 0 Å². The van der Waals surface area contributed by atoms with Crippen LogP contribution >= 0.6 is 0 Å². The molecular formula is C3H6O6S. The van der Waals surface area contributed by atoms with Crippen LogP contribution in [0.3, 0.4) is 0 Å². The SMILES string of the molecule is CC(=O)OC(O)S(=O)(=O)O. The summed E-state index contributed by atoms with van der Waals surface area (Å²) in [7, 11) is -4.69. The van der Waals surface area contributed by atoms with Crippen molar-refractivity contribution < 1.29 is 27.6 Å². The number of hydrogen-bond donors (Lipinski definition) is 2. The maximum Gasteiger partial charge on any atom is 0.330 e. The molecule has 0 aliphatic heterocycles. The van der Waals surface area contributed by atoms with Gasteiger partial charge >= 0.3 is 21.7 Å². The van der Waals surface area contributed by atoms with Gasteiger partial charge in [-0.2, -0.15) is 8.42 Å². The lowest BCUT2D eigenvalue weighted by Crippen LogP contribution is -2.25. The Hall–Kier alpha value is -0.660. The summed E-state index contributed by atoms with van der Waals surface area (Å²) >= 11 is 0. The summed E-state index contributed by atoms with van der Waals surface area (Å²) in [5.41, 5.74) is -2.48. The Bertz CT molecular complexity index is 215. The van der Waals surface area contributed by atoms with Crippen LogP contribution in [-0.4, -0.2) is 29.7 Å². The van der Waals surface area contributed by atoms with Gasteiger partial charge in [0, 0.05) is 6.92 Å². The fraction of sp³-hybridized carbons (Fsp3) is 0.667. The molecule has 0 aromatic rings. The Morgan fingerprint density at radius 3 is 2.10 bits per heavy atom. The van der Waals surface area contributed by atoms with Gasteiger partial charge in [0.05, 0.1) is 0 Å². The first-order chi connectivity index (χ1) is 4.34. The molecule has 0 amide bonds. The van der Waals surface area contributed by atoms with Gasteiger partial charge < -0.3 is 9.84 Å². The van der Waals surface area contributed by atoms with Gasteiger partial charge in [-0.3, -0.25) is 9.35 Å². The fourth-order valence-electron chi connectivity index (χ4n) is 0.203. The summed E-state index contributed by atoms with van der Waals surface area (Å²) in [5, 5.41) is 8.28. The molecule has 0 heterocycles. The third kappa shape index (κ3) is 3.38. The highest BCUT2D eigenvalue weighted by Crippen LogP contribution is 1.95. The van der Waals surface area contributed by atoms with E-state index in [1.807, 2.05) is 0 Å². The van der Waals surface area contributed by atoms with Crippen LogP contribution < -0.4 is 0 Å². The van der Waals surface area contributed by atoms with Gasteiger partial charge in [-0.25, -0.2) is 0 Å². The van der Waals surface area contributed by atoms with Crippen molar-refractivity contribution in [1.82, 2.24) is 0 Å². The molecule has 6 nitrogen and oxygen atoms in total. The average molecular weight is 170 g/mol. The highest BCUT2D eigenvalue weighted by atomic mass is 32.2. The van der Waals surface area contributed by atoms with Crippen molar-refractivity contribution in [2.75, 3.05) is 0 Å². The van der Waals surface area contributed by atoms with Crippen molar-refractivity contribution in [3.8, 4) is 0 Å². The van der Waals surface area contributed by atoms with Gasteiger partial charge in [0.25, 0.3) is 0 Å². The van der Waals surface area contributed by atoms with Gasteiger partial charge in [0.15, 0.2) is 0 Å². The monoisotopic (exact) mass is 170 g/mol. The minimum atomic E-state index is -4.69. The van der Waals surface area contributed by atoms with Crippen LogP contribution in [0.5, 0.6) is 0 Å². The van der Waals surface area contributed by atoms with Crippen molar-refractivity contribution in [1.29, 1.82) is 0 Å². The molecule has 10 heavy (non-hydrogen) atoms. The second kappa shape index (κ2) is 2.95. The number of esters is 1. The standard InChI is InChI=1S/C3H6O6S/c1-2(4)9-3(5)10(6,7)8/h3,5H,1H3,(H,6,7,8). The summed E-state index contributed by atoms with van der Waals surface area (Å²) in [6, 6.07) is 0. The number of rotatable bonds is 2. The molecule has 7 heteroatoms. The first-order valence-electron chi connectivity index (χ1n) is 2.15. The molecule has 60 valence electrons. The van der Waals surface area contributed by atoms with E-state index in [2.05, 4.69) is 4.74 Å². The Balaban J connectivity index is 4.12. The summed E-state index contributed by atoms with van der Waals surface area (Å²) < 4.78 is 31.5. The lowest BCUT2D eigenvalue weighted by Gasteiger charge is -2.04. The zero-order chi connectivity index (χ0) is 8.36. The van der Waals surface area contributed by atoms with Crippen LogP contribution in [-0.2, 0) is 19.6 Å². The first-order valence-corrected chi connectivity index (χ1v) is 3.66. The van der Waals surface area contributed by atoms with Gasteiger partial charge in [-0.1, -0.05) is 0 Å². The molecule has 0 aromatic carbocycles. The first kappa shape index (κ1) is 9.34. The molecule has 0 saturated carbocycles. The van der Waals surface area contributed by atoms with E-state index in [0.717, 1.165) is 6.92 Å². The van der Waals surface area contributed by atoms with E-state index in [9.17, 15) is 13.2 Å². The predicted octanol–water partition coefficient (Wildman–Crippen LogP) is -1.29. The number of ether oxygens (including phenoxy) is 1. The molecule has 0 rings (SSSR count). The van der Waals surface area contributed by atoms with E-state index in [4.69, 9.17) is 9.66 Å².